The lowest BCUT2D eigenvalue weighted by Crippen LogP contribution is -2.34. The second-order valence-corrected chi connectivity index (χ2v) is 4.64. The number of carbonyl (C=O) groups is 1. The summed E-state index contributed by atoms with van der Waals surface area (Å²) in [6.45, 7) is 4.72. The number of hydrogen-bond donors (Lipinski definition) is 0. The molecule has 0 saturated carbocycles. The molecule has 1 aromatic rings. The summed E-state index contributed by atoms with van der Waals surface area (Å²) in [5, 5.41) is 7.99. The maximum absolute atomic E-state index is 12.0. The summed E-state index contributed by atoms with van der Waals surface area (Å²) >= 11 is 0. The lowest BCUT2D eigenvalue weighted by atomic mass is 10.1. The normalized spacial score (nSPS) is 20.8. The van der Waals surface area contributed by atoms with E-state index in [2.05, 4.69) is 10.2 Å². The number of carbonyl (C=O) groups excluding carboxylic acids is 1. The van der Waals surface area contributed by atoms with Gasteiger partial charge in [-0.3, -0.25) is 4.79 Å². The van der Waals surface area contributed by atoms with Crippen molar-refractivity contribution in [3.8, 4) is 0 Å². The molecule has 88 valence electrons. The first-order valence-corrected chi connectivity index (χ1v) is 5.75. The van der Waals surface area contributed by atoms with Crippen LogP contribution < -0.4 is 0 Å². The van der Waals surface area contributed by atoms with Gasteiger partial charge in [0.05, 0.1) is 6.04 Å². The van der Waals surface area contributed by atoms with Crippen LogP contribution in [0.1, 0.15) is 38.6 Å². The maximum atomic E-state index is 12.0. The summed E-state index contributed by atoms with van der Waals surface area (Å²) in [5.74, 6) is 1.16. The van der Waals surface area contributed by atoms with Gasteiger partial charge in [0.2, 0.25) is 5.91 Å². The quantitative estimate of drug-likeness (QED) is 0.754. The molecule has 16 heavy (non-hydrogen) atoms. The van der Waals surface area contributed by atoms with Gasteiger partial charge in [-0.25, -0.2) is 0 Å². The molecule has 2 rings (SSSR count). The Hall–Kier alpha value is -1.39. The van der Waals surface area contributed by atoms with Crippen LogP contribution in [0, 0.1) is 5.92 Å². The lowest BCUT2D eigenvalue weighted by Gasteiger charge is -2.25. The zero-order chi connectivity index (χ0) is 11.7. The van der Waals surface area contributed by atoms with Gasteiger partial charge >= 0.3 is 0 Å². The van der Waals surface area contributed by atoms with Crippen molar-refractivity contribution in [2.75, 3.05) is 6.54 Å². The van der Waals surface area contributed by atoms with Crippen LogP contribution >= 0.6 is 0 Å². The smallest absolute Gasteiger partial charge is 0.225 e. The van der Waals surface area contributed by atoms with Crippen LogP contribution in [0.3, 0.4) is 0 Å². The van der Waals surface area contributed by atoms with Crippen molar-refractivity contribution in [3.63, 3.8) is 0 Å². The molecule has 0 radical (unpaired) electrons. The number of hydrogen-bond acceptors (Lipinski definition) is 3. The van der Waals surface area contributed by atoms with Crippen molar-refractivity contribution in [2.45, 2.75) is 32.7 Å². The molecule has 0 aliphatic carbocycles. The topological polar surface area (TPSA) is 51.0 Å². The van der Waals surface area contributed by atoms with Crippen LogP contribution in [-0.4, -0.2) is 32.1 Å². The summed E-state index contributed by atoms with van der Waals surface area (Å²) in [4.78, 5) is 14.0. The number of amides is 1. The molecular weight excluding hydrogens is 204 g/mol. The Morgan fingerprint density at radius 2 is 2.31 bits per heavy atom. The van der Waals surface area contributed by atoms with Crippen molar-refractivity contribution >= 4 is 5.91 Å². The van der Waals surface area contributed by atoms with E-state index in [9.17, 15) is 4.79 Å². The van der Waals surface area contributed by atoms with E-state index in [0.717, 1.165) is 25.2 Å². The summed E-state index contributed by atoms with van der Waals surface area (Å²) < 4.78 is 1.90. The van der Waals surface area contributed by atoms with Gasteiger partial charge in [-0.1, -0.05) is 13.8 Å². The number of aryl methyl sites for hydroxylation is 1. The van der Waals surface area contributed by atoms with Gasteiger partial charge in [0.15, 0.2) is 5.82 Å². The molecule has 1 amide bonds. The summed E-state index contributed by atoms with van der Waals surface area (Å²) in [5.41, 5.74) is 0. The monoisotopic (exact) mass is 222 g/mol. The van der Waals surface area contributed by atoms with E-state index in [4.69, 9.17) is 0 Å². The highest BCUT2D eigenvalue weighted by atomic mass is 16.2. The molecule has 5 nitrogen and oxygen atoms in total. The van der Waals surface area contributed by atoms with E-state index >= 15 is 0 Å². The van der Waals surface area contributed by atoms with Crippen LogP contribution in [0.4, 0.5) is 0 Å². The average Bonchev–Trinajstić information content (AvgIpc) is 2.84. The number of likely N-dealkylation sites (tertiary alicyclic amines) is 1. The Morgan fingerprint density at radius 1 is 1.56 bits per heavy atom. The molecule has 1 aliphatic rings. The summed E-state index contributed by atoms with van der Waals surface area (Å²) in [6.07, 6.45) is 3.73. The van der Waals surface area contributed by atoms with Gasteiger partial charge in [-0.2, -0.15) is 0 Å². The first kappa shape index (κ1) is 11.1. The minimum atomic E-state index is 0.0498. The Morgan fingerprint density at radius 3 is 2.88 bits per heavy atom. The van der Waals surface area contributed by atoms with Crippen molar-refractivity contribution < 1.29 is 4.79 Å². The zero-order valence-electron chi connectivity index (χ0n) is 10.1. The van der Waals surface area contributed by atoms with Crippen LogP contribution in [0.5, 0.6) is 0 Å². The van der Waals surface area contributed by atoms with E-state index in [-0.39, 0.29) is 17.9 Å². The Balaban J connectivity index is 2.22. The third kappa shape index (κ3) is 1.81. The van der Waals surface area contributed by atoms with Gasteiger partial charge < -0.3 is 9.47 Å². The molecule has 1 fully saturated rings. The molecule has 2 heterocycles. The van der Waals surface area contributed by atoms with Crippen molar-refractivity contribution in [1.29, 1.82) is 0 Å². The number of nitrogens with zero attached hydrogens (tertiary/aromatic N) is 4. The van der Waals surface area contributed by atoms with Gasteiger partial charge in [0, 0.05) is 19.5 Å². The third-order valence-corrected chi connectivity index (χ3v) is 3.07. The largest absolute Gasteiger partial charge is 0.332 e. The highest BCUT2D eigenvalue weighted by Gasteiger charge is 2.33. The number of rotatable bonds is 2. The molecule has 1 atom stereocenters. The van der Waals surface area contributed by atoms with E-state index in [1.807, 2.05) is 30.4 Å². The van der Waals surface area contributed by atoms with Crippen LogP contribution in [0.25, 0.3) is 0 Å². The van der Waals surface area contributed by atoms with E-state index < -0.39 is 0 Å². The molecule has 1 aromatic heterocycles. The second-order valence-electron chi connectivity index (χ2n) is 4.64. The maximum Gasteiger partial charge on any atom is 0.225 e. The van der Waals surface area contributed by atoms with Crippen molar-refractivity contribution in [3.05, 3.63) is 12.2 Å². The first-order chi connectivity index (χ1) is 7.61. The van der Waals surface area contributed by atoms with Crippen molar-refractivity contribution in [1.82, 2.24) is 19.7 Å². The van der Waals surface area contributed by atoms with Crippen LogP contribution in [0.15, 0.2) is 6.33 Å². The fourth-order valence-corrected chi connectivity index (χ4v) is 2.22. The zero-order valence-corrected chi connectivity index (χ0v) is 10.1. The average molecular weight is 222 g/mol. The highest BCUT2D eigenvalue weighted by molar-refractivity contribution is 5.78. The predicted octanol–water partition coefficient (Wildman–Crippen LogP) is 1.13. The minimum Gasteiger partial charge on any atom is -0.332 e. The first-order valence-electron chi connectivity index (χ1n) is 5.75. The van der Waals surface area contributed by atoms with Gasteiger partial charge in [-0.15, -0.1) is 10.2 Å². The minimum absolute atomic E-state index is 0.0498. The SMILES string of the molecule is CC(C)C(=O)N1CCC[C@H]1c1nncn1C. The number of aromatic nitrogens is 3. The molecular formula is C11H18N4O. The molecule has 0 spiro atoms. The van der Waals surface area contributed by atoms with E-state index in [0.29, 0.717) is 0 Å². The van der Waals surface area contributed by atoms with Crippen LogP contribution in [0.2, 0.25) is 0 Å². The van der Waals surface area contributed by atoms with Crippen LogP contribution in [-0.2, 0) is 11.8 Å². The molecule has 0 aromatic carbocycles. The summed E-state index contributed by atoms with van der Waals surface area (Å²) in [7, 11) is 1.92. The summed E-state index contributed by atoms with van der Waals surface area (Å²) in [6, 6.07) is 0.113. The standard InChI is InChI=1S/C11H18N4O/c1-8(2)11(16)15-6-4-5-9(15)10-13-12-7-14(10)3/h7-9H,4-6H2,1-3H3/t9-/m0/s1. The predicted molar refractivity (Wildman–Crippen MR) is 59.5 cm³/mol. The lowest BCUT2D eigenvalue weighted by molar-refractivity contribution is -0.135. The molecule has 1 saturated heterocycles. The van der Waals surface area contributed by atoms with Gasteiger partial charge in [0.25, 0.3) is 0 Å². The van der Waals surface area contributed by atoms with E-state index in [1.54, 1.807) is 6.33 Å². The Bertz CT molecular complexity index is 385. The van der Waals surface area contributed by atoms with Gasteiger partial charge in [0.1, 0.15) is 6.33 Å². The fraction of sp³-hybridized carbons (Fsp3) is 0.727. The highest BCUT2D eigenvalue weighted by Crippen LogP contribution is 2.31. The van der Waals surface area contributed by atoms with E-state index in [1.165, 1.54) is 0 Å². The third-order valence-electron chi connectivity index (χ3n) is 3.07. The fourth-order valence-electron chi connectivity index (χ4n) is 2.22. The van der Waals surface area contributed by atoms with Crippen molar-refractivity contribution in [2.24, 2.45) is 13.0 Å². The molecule has 5 heteroatoms. The molecule has 0 unspecified atom stereocenters. The Labute approximate surface area is 95.5 Å². The molecule has 0 N–H and O–H groups in total. The molecule has 1 aliphatic heterocycles. The van der Waals surface area contributed by atoms with Gasteiger partial charge in [-0.05, 0) is 12.8 Å². The molecule has 0 bridgehead atoms. The Kier molecular flexibility index (Phi) is 2.94. The second kappa shape index (κ2) is 4.23.